The molecule has 1 heterocycles. The van der Waals surface area contributed by atoms with Crippen LogP contribution < -0.4 is 16.2 Å². The lowest BCUT2D eigenvalue weighted by atomic mass is 10.4. The summed E-state index contributed by atoms with van der Waals surface area (Å²) < 4.78 is 4.81. The van der Waals surface area contributed by atoms with Crippen molar-refractivity contribution < 1.29 is 14.0 Å². The molecule has 1 aromatic heterocycles. The highest BCUT2D eigenvalue weighted by Gasteiger charge is 2.09. The molecular formula is C7H7N3O3S. The van der Waals surface area contributed by atoms with Crippen molar-refractivity contribution in [2.24, 2.45) is 0 Å². The summed E-state index contributed by atoms with van der Waals surface area (Å²) in [6.07, 6.45) is 1.76. The quantitative estimate of drug-likeness (QED) is 0.359. The van der Waals surface area contributed by atoms with Crippen LogP contribution in [-0.2, 0) is 4.79 Å². The largest absolute Gasteiger partial charge is 0.459 e. The van der Waals surface area contributed by atoms with Gasteiger partial charge < -0.3 is 4.42 Å². The van der Waals surface area contributed by atoms with Gasteiger partial charge in [-0.1, -0.05) is 0 Å². The summed E-state index contributed by atoms with van der Waals surface area (Å²) in [7, 11) is 0. The van der Waals surface area contributed by atoms with E-state index in [1.807, 2.05) is 0 Å². The first-order valence-corrected chi connectivity index (χ1v) is 3.99. The summed E-state index contributed by atoms with van der Waals surface area (Å²) >= 11 is 4.66. The van der Waals surface area contributed by atoms with Crippen LogP contribution in [0, 0.1) is 0 Å². The molecule has 0 aromatic carbocycles. The molecule has 0 unspecified atom stereocenters. The molecule has 6 nitrogen and oxygen atoms in total. The van der Waals surface area contributed by atoms with E-state index in [9.17, 15) is 9.59 Å². The molecule has 1 aromatic rings. The average molecular weight is 213 g/mol. The van der Waals surface area contributed by atoms with E-state index in [2.05, 4.69) is 28.4 Å². The molecule has 0 saturated heterocycles. The number of carbonyl (C=O) groups excluding carboxylic acids is 2. The lowest BCUT2D eigenvalue weighted by molar-refractivity contribution is -0.110. The van der Waals surface area contributed by atoms with Crippen LogP contribution in [0.1, 0.15) is 10.6 Å². The Balaban J connectivity index is 2.41. The third-order valence-electron chi connectivity index (χ3n) is 1.22. The maximum absolute atomic E-state index is 11.2. The Hall–Kier alpha value is -1.89. The third-order valence-corrected chi connectivity index (χ3v) is 1.42. The highest BCUT2D eigenvalue weighted by Crippen LogP contribution is 1.98. The van der Waals surface area contributed by atoms with Crippen LogP contribution in [0.15, 0.2) is 22.8 Å². The summed E-state index contributed by atoms with van der Waals surface area (Å²) in [4.78, 5) is 21.1. The van der Waals surface area contributed by atoms with Gasteiger partial charge in [-0.3, -0.25) is 25.8 Å². The van der Waals surface area contributed by atoms with Crippen LogP contribution in [0.5, 0.6) is 0 Å². The summed E-state index contributed by atoms with van der Waals surface area (Å²) in [6, 6.07) is 3.07. The minimum absolute atomic E-state index is 0.0153. The van der Waals surface area contributed by atoms with Crippen LogP contribution in [-0.4, -0.2) is 17.4 Å². The topological polar surface area (TPSA) is 83.4 Å². The van der Waals surface area contributed by atoms with E-state index in [1.54, 1.807) is 6.07 Å². The maximum Gasteiger partial charge on any atom is 0.293 e. The van der Waals surface area contributed by atoms with E-state index in [1.165, 1.54) is 12.3 Å². The van der Waals surface area contributed by atoms with Crippen LogP contribution in [0.2, 0.25) is 0 Å². The van der Waals surface area contributed by atoms with Crippen molar-refractivity contribution in [1.82, 2.24) is 16.2 Å². The van der Waals surface area contributed by atoms with Gasteiger partial charge in [0, 0.05) is 0 Å². The van der Waals surface area contributed by atoms with Crippen molar-refractivity contribution in [2.75, 3.05) is 0 Å². The van der Waals surface area contributed by atoms with E-state index in [4.69, 9.17) is 4.42 Å². The normalized spacial score (nSPS) is 8.86. The van der Waals surface area contributed by atoms with E-state index < -0.39 is 5.91 Å². The fourth-order valence-corrected chi connectivity index (χ4v) is 0.850. The van der Waals surface area contributed by atoms with Gasteiger partial charge in [0.15, 0.2) is 10.9 Å². The van der Waals surface area contributed by atoms with Crippen molar-refractivity contribution in [3.8, 4) is 0 Å². The summed E-state index contributed by atoms with van der Waals surface area (Å²) in [5, 5.41) is 2.27. The van der Waals surface area contributed by atoms with E-state index in [0.717, 1.165) is 0 Å². The number of rotatable bonds is 3. The Labute approximate surface area is 84.6 Å². The lowest BCUT2D eigenvalue weighted by Crippen LogP contribution is -2.45. The predicted molar refractivity (Wildman–Crippen MR) is 51.1 cm³/mol. The van der Waals surface area contributed by atoms with E-state index in [-0.39, 0.29) is 10.9 Å². The number of carbonyl (C=O) groups is 2. The number of furan rings is 1. The van der Waals surface area contributed by atoms with Gasteiger partial charge in [0.2, 0.25) is 6.41 Å². The zero-order chi connectivity index (χ0) is 10.4. The Morgan fingerprint density at radius 2 is 2.36 bits per heavy atom. The fourth-order valence-electron chi connectivity index (χ4n) is 0.699. The highest BCUT2D eigenvalue weighted by molar-refractivity contribution is 7.80. The zero-order valence-electron chi connectivity index (χ0n) is 6.94. The van der Waals surface area contributed by atoms with Gasteiger partial charge in [0.25, 0.3) is 5.91 Å². The summed E-state index contributed by atoms with van der Waals surface area (Å²) in [5.41, 5.74) is 4.35. The first-order chi connectivity index (χ1) is 6.74. The fraction of sp³-hybridized carbons (Fsp3) is 0. The van der Waals surface area contributed by atoms with Crippen LogP contribution in [0.3, 0.4) is 0 Å². The Morgan fingerprint density at radius 1 is 1.57 bits per heavy atom. The van der Waals surface area contributed by atoms with Crippen molar-refractivity contribution >= 4 is 29.6 Å². The Kier molecular flexibility index (Phi) is 3.62. The first-order valence-electron chi connectivity index (χ1n) is 3.58. The van der Waals surface area contributed by atoms with Crippen LogP contribution in [0.25, 0.3) is 0 Å². The van der Waals surface area contributed by atoms with Gasteiger partial charge in [0.1, 0.15) is 0 Å². The van der Waals surface area contributed by atoms with Crippen molar-refractivity contribution in [3.05, 3.63) is 24.2 Å². The molecule has 74 valence electrons. The van der Waals surface area contributed by atoms with Gasteiger partial charge in [-0.25, -0.2) is 0 Å². The molecule has 0 aliphatic heterocycles. The smallest absolute Gasteiger partial charge is 0.293 e. The van der Waals surface area contributed by atoms with Gasteiger partial charge in [-0.2, -0.15) is 0 Å². The number of nitrogens with one attached hydrogen (secondary N) is 3. The average Bonchev–Trinajstić information content (AvgIpc) is 2.67. The number of hydrazine groups is 1. The molecule has 3 N–H and O–H groups in total. The molecule has 0 aliphatic carbocycles. The molecule has 0 atom stereocenters. The minimum Gasteiger partial charge on any atom is -0.459 e. The maximum atomic E-state index is 11.2. The van der Waals surface area contributed by atoms with Gasteiger partial charge in [0.05, 0.1) is 6.26 Å². The second-order valence-corrected chi connectivity index (χ2v) is 2.56. The van der Waals surface area contributed by atoms with Crippen LogP contribution >= 0.6 is 12.2 Å². The molecule has 0 saturated carbocycles. The van der Waals surface area contributed by atoms with Gasteiger partial charge in [-0.15, -0.1) is 0 Å². The van der Waals surface area contributed by atoms with Gasteiger partial charge in [-0.05, 0) is 24.4 Å². The van der Waals surface area contributed by atoms with Gasteiger partial charge >= 0.3 is 0 Å². The molecule has 0 radical (unpaired) electrons. The molecule has 7 heteroatoms. The second kappa shape index (κ2) is 4.97. The molecule has 1 rings (SSSR count). The summed E-state index contributed by atoms with van der Waals surface area (Å²) in [6.45, 7) is 0. The summed E-state index contributed by atoms with van der Waals surface area (Å²) in [5.74, 6) is -0.347. The number of hydrogen-bond donors (Lipinski definition) is 3. The molecule has 2 amide bonds. The molecule has 14 heavy (non-hydrogen) atoms. The Bertz CT molecular complexity index is 336. The Morgan fingerprint density at radius 3 is 2.93 bits per heavy atom. The molecule has 0 aliphatic rings. The van der Waals surface area contributed by atoms with Crippen LogP contribution in [0.4, 0.5) is 0 Å². The first kappa shape index (κ1) is 10.2. The highest BCUT2D eigenvalue weighted by atomic mass is 32.1. The molecule has 0 spiro atoms. The van der Waals surface area contributed by atoms with E-state index >= 15 is 0 Å². The zero-order valence-corrected chi connectivity index (χ0v) is 7.76. The van der Waals surface area contributed by atoms with Crippen molar-refractivity contribution in [1.29, 1.82) is 0 Å². The third kappa shape index (κ3) is 2.87. The SMILES string of the molecule is O=CNNC(=S)NC(=O)c1ccco1. The standard InChI is InChI=1S/C7H7N3O3S/c11-4-8-10-7(14)9-6(12)5-2-1-3-13-5/h1-4H,(H,8,11)(H2,9,10,12,14). The van der Waals surface area contributed by atoms with Crippen molar-refractivity contribution in [2.45, 2.75) is 0 Å². The molecule has 0 bridgehead atoms. The number of thiocarbonyl (C=S) groups is 1. The number of hydrogen-bond acceptors (Lipinski definition) is 4. The minimum atomic E-state index is -0.486. The monoisotopic (exact) mass is 213 g/mol. The second-order valence-electron chi connectivity index (χ2n) is 2.15. The van der Waals surface area contributed by atoms with E-state index in [0.29, 0.717) is 6.41 Å². The predicted octanol–water partition coefficient (Wildman–Crippen LogP) is -0.455. The molecular weight excluding hydrogens is 206 g/mol. The number of amides is 2. The lowest BCUT2D eigenvalue weighted by Gasteiger charge is -2.05. The van der Waals surface area contributed by atoms with Crippen molar-refractivity contribution in [3.63, 3.8) is 0 Å². The molecule has 0 fully saturated rings.